The molecule has 302 valence electrons. The van der Waals surface area contributed by atoms with E-state index in [1.807, 2.05) is 12.1 Å². The van der Waals surface area contributed by atoms with Crippen molar-refractivity contribution in [3.63, 3.8) is 0 Å². The average molecular weight is 820 g/mol. The number of aromatic nitrogens is 1. The Morgan fingerprint density at radius 1 is 0.297 bits per heavy atom. The lowest BCUT2D eigenvalue weighted by molar-refractivity contribution is 0.669. The zero-order chi connectivity index (χ0) is 42.4. The molecule has 0 aliphatic carbocycles. The zero-order valence-electron chi connectivity index (χ0n) is 34.9. The van der Waals surface area contributed by atoms with Gasteiger partial charge in [0.25, 0.3) is 0 Å². The van der Waals surface area contributed by atoms with Crippen LogP contribution in [0.4, 0.5) is 34.1 Å². The number of benzene rings is 10. The molecule has 0 saturated carbocycles. The van der Waals surface area contributed by atoms with Gasteiger partial charge >= 0.3 is 0 Å². The van der Waals surface area contributed by atoms with Crippen LogP contribution in [0.2, 0.25) is 0 Å². The SMILES string of the molecule is c1ccc(N(c2ccc(-c3cccc(-c4ccc(N(c5ccccc5)c5cccc6c5oc5ccccc56)cc4)c3)cc2)c2ccc3c(c2)c2ccccc2n3-c2ccccc2)cc1. The van der Waals surface area contributed by atoms with Crippen molar-refractivity contribution in [1.82, 2.24) is 4.57 Å². The Labute approximate surface area is 371 Å². The molecule has 0 N–H and O–H groups in total. The van der Waals surface area contributed by atoms with E-state index in [0.717, 1.165) is 84.0 Å². The lowest BCUT2D eigenvalue weighted by Crippen LogP contribution is -2.10. The first kappa shape index (κ1) is 37.2. The minimum absolute atomic E-state index is 0.871. The lowest BCUT2D eigenvalue weighted by Gasteiger charge is -2.26. The topological polar surface area (TPSA) is 24.6 Å². The van der Waals surface area contributed by atoms with Crippen molar-refractivity contribution in [2.24, 2.45) is 0 Å². The minimum Gasteiger partial charge on any atom is -0.454 e. The molecule has 10 aromatic carbocycles. The molecule has 0 saturated heterocycles. The second kappa shape index (κ2) is 15.7. The predicted octanol–water partition coefficient (Wildman–Crippen LogP) is 17.0. The quantitative estimate of drug-likeness (QED) is 0.145. The standard InChI is InChI=1S/C60H41N3O/c1-4-18-46(19-5-1)61(51-38-39-57-55(41-51)52-24-10-12-27-56(52)63(57)48-22-8-3-9-23-48)49-34-30-42(31-35-49)44-16-14-17-45(40-44)43-32-36-50(37-33-43)62(47-20-6-2-7-21-47)58-28-15-26-54-53-25-11-13-29-59(53)64-60(54)58/h1-41H. The van der Waals surface area contributed by atoms with Crippen molar-refractivity contribution < 1.29 is 4.42 Å². The number of para-hydroxylation sites is 6. The summed E-state index contributed by atoms with van der Waals surface area (Å²) < 4.78 is 8.88. The molecule has 0 radical (unpaired) electrons. The first-order valence-corrected chi connectivity index (χ1v) is 21.8. The molecular weight excluding hydrogens is 779 g/mol. The summed E-state index contributed by atoms with van der Waals surface area (Å²) in [5.41, 5.74) is 16.3. The molecule has 0 atom stereocenters. The van der Waals surface area contributed by atoms with E-state index in [1.165, 1.54) is 21.8 Å². The van der Waals surface area contributed by atoms with Crippen molar-refractivity contribution in [2.45, 2.75) is 0 Å². The van der Waals surface area contributed by atoms with Gasteiger partial charge in [0.2, 0.25) is 0 Å². The largest absolute Gasteiger partial charge is 0.454 e. The predicted molar refractivity (Wildman–Crippen MR) is 268 cm³/mol. The highest BCUT2D eigenvalue weighted by Gasteiger charge is 2.20. The van der Waals surface area contributed by atoms with Crippen LogP contribution in [-0.2, 0) is 0 Å². The Morgan fingerprint density at radius 2 is 0.797 bits per heavy atom. The van der Waals surface area contributed by atoms with Crippen LogP contribution in [0.25, 0.3) is 71.7 Å². The van der Waals surface area contributed by atoms with Gasteiger partial charge in [0, 0.05) is 55.7 Å². The van der Waals surface area contributed by atoms with Gasteiger partial charge < -0.3 is 18.8 Å². The lowest BCUT2D eigenvalue weighted by atomic mass is 9.98. The Hall–Kier alpha value is -8.60. The summed E-state index contributed by atoms with van der Waals surface area (Å²) in [4.78, 5) is 4.63. The number of hydrogen-bond donors (Lipinski definition) is 0. The van der Waals surface area contributed by atoms with Gasteiger partial charge in [-0.05, 0) is 125 Å². The summed E-state index contributed by atoms with van der Waals surface area (Å²) in [6.07, 6.45) is 0. The maximum absolute atomic E-state index is 6.52. The summed E-state index contributed by atoms with van der Waals surface area (Å²) in [7, 11) is 0. The fourth-order valence-electron chi connectivity index (χ4n) is 9.38. The Bertz CT molecular complexity index is 3590. The minimum atomic E-state index is 0.871. The van der Waals surface area contributed by atoms with E-state index >= 15 is 0 Å². The Balaban J connectivity index is 0.875. The number of rotatable bonds is 9. The Morgan fingerprint density at radius 3 is 1.48 bits per heavy atom. The van der Waals surface area contributed by atoms with E-state index in [1.54, 1.807) is 0 Å². The molecule has 0 bridgehead atoms. The van der Waals surface area contributed by atoms with Gasteiger partial charge in [-0.2, -0.15) is 0 Å². The molecule has 12 aromatic rings. The van der Waals surface area contributed by atoms with Gasteiger partial charge in [0.05, 0.1) is 16.7 Å². The van der Waals surface area contributed by atoms with Crippen LogP contribution in [0.5, 0.6) is 0 Å². The van der Waals surface area contributed by atoms with Gasteiger partial charge in [-0.25, -0.2) is 0 Å². The van der Waals surface area contributed by atoms with Crippen LogP contribution in [0, 0.1) is 0 Å². The fraction of sp³-hybridized carbons (Fsp3) is 0. The van der Waals surface area contributed by atoms with E-state index in [9.17, 15) is 0 Å². The highest BCUT2D eigenvalue weighted by Crippen LogP contribution is 2.44. The smallest absolute Gasteiger partial charge is 0.159 e. The summed E-state index contributed by atoms with van der Waals surface area (Å²) in [6.45, 7) is 0. The number of hydrogen-bond acceptors (Lipinski definition) is 3. The highest BCUT2D eigenvalue weighted by molar-refractivity contribution is 6.11. The van der Waals surface area contributed by atoms with Crippen LogP contribution < -0.4 is 9.80 Å². The molecular formula is C60H41N3O. The molecule has 0 fully saturated rings. The second-order valence-electron chi connectivity index (χ2n) is 16.2. The molecule has 0 aliphatic heterocycles. The van der Waals surface area contributed by atoms with Gasteiger partial charge in [-0.3, -0.25) is 0 Å². The first-order chi connectivity index (χ1) is 31.7. The van der Waals surface area contributed by atoms with Crippen molar-refractivity contribution in [3.05, 3.63) is 249 Å². The van der Waals surface area contributed by atoms with Crippen molar-refractivity contribution >= 4 is 77.9 Å². The molecule has 2 heterocycles. The molecule has 0 amide bonds. The number of fused-ring (bicyclic) bond motifs is 6. The molecule has 2 aromatic heterocycles. The highest BCUT2D eigenvalue weighted by atomic mass is 16.3. The summed E-state index contributed by atoms with van der Waals surface area (Å²) in [5.74, 6) is 0. The molecule has 4 heteroatoms. The zero-order valence-corrected chi connectivity index (χ0v) is 34.9. The van der Waals surface area contributed by atoms with Crippen LogP contribution in [0.15, 0.2) is 253 Å². The third-order valence-electron chi connectivity index (χ3n) is 12.4. The fourth-order valence-corrected chi connectivity index (χ4v) is 9.38. The maximum atomic E-state index is 6.52. The van der Waals surface area contributed by atoms with Gasteiger partial charge in [-0.1, -0.05) is 146 Å². The van der Waals surface area contributed by atoms with Crippen molar-refractivity contribution in [1.29, 1.82) is 0 Å². The normalized spacial score (nSPS) is 11.4. The summed E-state index contributed by atoms with van der Waals surface area (Å²) in [6, 6.07) is 88.6. The van der Waals surface area contributed by atoms with E-state index in [4.69, 9.17) is 4.42 Å². The molecule has 0 spiro atoms. The first-order valence-electron chi connectivity index (χ1n) is 21.8. The summed E-state index contributed by atoms with van der Waals surface area (Å²) >= 11 is 0. The van der Waals surface area contributed by atoms with Gasteiger partial charge in [0.15, 0.2) is 5.58 Å². The average Bonchev–Trinajstić information content (AvgIpc) is 3.92. The molecule has 0 unspecified atom stereocenters. The summed E-state index contributed by atoms with van der Waals surface area (Å²) in [5, 5.41) is 4.67. The van der Waals surface area contributed by atoms with E-state index in [0.29, 0.717) is 0 Å². The number of furan rings is 1. The van der Waals surface area contributed by atoms with E-state index in [-0.39, 0.29) is 0 Å². The molecule has 0 aliphatic rings. The van der Waals surface area contributed by atoms with E-state index in [2.05, 4.69) is 251 Å². The molecule has 4 nitrogen and oxygen atoms in total. The molecule has 64 heavy (non-hydrogen) atoms. The van der Waals surface area contributed by atoms with E-state index < -0.39 is 0 Å². The van der Waals surface area contributed by atoms with Gasteiger partial charge in [0.1, 0.15) is 5.58 Å². The van der Waals surface area contributed by atoms with Crippen LogP contribution >= 0.6 is 0 Å². The van der Waals surface area contributed by atoms with Crippen molar-refractivity contribution in [3.8, 4) is 27.9 Å². The third-order valence-corrected chi connectivity index (χ3v) is 12.4. The third kappa shape index (κ3) is 6.48. The van der Waals surface area contributed by atoms with Gasteiger partial charge in [-0.15, -0.1) is 0 Å². The number of anilines is 6. The Kier molecular flexibility index (Phi) is 9.12. The van der Waals surface area contributed by atoms with Crippen LogP contribution in [0.1, 0.15) is 0 Å². The van der Waals surface area contributed by atoms with Crippen LogP contribution in [0.3, 0.4) is 0 Å². The monoisotopic (exact) mass is 819 g/mol. The molecule has 12 rings (SSSR count). The van der Waals surface area contributed by atoms with Crippen LogP contribution in [-0.4, -0.2) is 4.57 Å². The maximum Gasteiger partial charge on any atom is 0.159 e. The van der Waals surface area contributed by atoms with Crippen molar-refractivity contribution in [2.75, 3.05) is 9.80 Å². The second-order valence-corrected chi connectivity index (χ2v) is 16.2. The number of nitrogens with zero attached hydrogens (tertiary/aromatic N) is 3.